The molecule has 3 aromatic rings. The van der Waals surface area contributed by atoms with E-state index in [-0.39, 0.29) is 5.82 Å². The third-order valence-corrected chi connectivity index (χ3v) is 4.12. The lowest BCUT2D eigenvalue weighted by molar-refractivity contribution is 0.219. The van der Waals surface area contributed by atoms with Crippen molar-refractivity contribution in [3.05, 3.63) is 75.2 Å². The Hall–Kier alpha value is -1.53. The Morgan fingerprint density at radius 1 is 1.10 bits per heavy atom. The highest BCUT2D eigenvalue weighted by Crippen LogP contribution is 2.27. The second-order valence-corrected chi connectivity index (χ2v) is 5.69. The summed E-state index contributed by atoms with van der Waals surface area (Å²) in [5.41, 5.74) is 2.27. The molecular weight excluding hydrogens is 368 g/mol. The topological polar surface area (TPSA) is 33.1 Å². The second-order valence-electron chi connectivity index (χ2n) is 4.53. The maximum atomic E-state index is 13.1. The molecule has 4 heteroatoms. The number of hydrogen-bond donors (Lipinski definition) is 1. The summed E-state index contributed by atoms with van der Waals surface area (Å²) in [6.07, 6.45) is 0.853. The molecule has 1 unspecified atom stereocenters. The molecule has 0 saturated carbocycles. The van der Waals surface area contributed by atoms with Gasteiger partial charge in [-0.1, -0.05) is 24.3 Å². The maximum absolute atomic E-state index is 13.1. The smallest absolute Gasteiger partial charge is 0.124 e. The monoisotopic (exact) mass is 379 g/mol. The second kappa shape index (κ2) is 5.46. The number of halogens is 2. The van der Waals surface area contributed by atoms with Crippen LogP contribution in [0.1, 0.15) is 17.2 Å². The van der Waals surface area contributed by atoms with Crippen LogP contribution in [0.15, 0.2) is 54.7 Å². The molecule has 0 amide bonds. The average molecular weight is 379 g/mol. The fraction of sp³-hybridized carbons (Fsp3) is 0.0625. The van der Waals surface area contributed by atoms with Crippen molar-refractivity contribution < 1.29 is 9.50 Å². The first-order valence-electron chi connectivity index (χ1n) is 6.13. The standard InChI is InChI=1S/C16H11FINO/c17-12-5-6-13(14(18)8-12)16(20)11-7-10-3-1-2-4-15(10)19-9-11/h1-9,16,20H. The molecule has 0 fully saturated rings. The van der Waals surface area contributed by atoms with Crippen LogP contribution < -0.4 is 0 Å². The van der Waals surface area contributed by atoms with Gasteiger partial charge in [-0.15, -0.1) is 0 Å². The first-order valence-corrected chi connectivity index (χ1v) is 7.21. The fourth-order valence-electron chi connectivity index (χ4n) is 2.14. The van der Waals surface area contributed by atoms with Crippen molar-refractivity contribution in [1.82, 2.24) is 4.98 Å². The highest BCUT2D eigenvalue weighted by Gasteiger charge is 2.15. The Bertz CT molecular complexity index is 775. The third-order valence-electron chi connectivity index (χ3n) is 3.18. The van der Waals surface area contributed by atoms with Crippen LogP contribution in [0.4, 0.5) is 4.39 Å². The van der Waals surface area contributed by atoms with Gasteiger partial charge in [0.2, 0.25) is 0 Å². The molecule has 2 aromatic carbocycles. The minimum absolute atomic E-state index is 0.304. The van der Waals surface area contributed by atoms with Crippen LogP contribution in [0.5, 0.6) is 0 Å². The van der Waals surface area contributed by atoms with Crippen molar-refractivity contribution in [2.24, 2.45) is 0 Å². The summed E-state index contributed by atoms with van der Waals surface area (Å²) in [5, 5.41) is 11.4. The number of aliphatic hydroxyl groups excluding tert-OH is 1. The minimum atomic E-state index is -0.806. The molecule has 0 aliphatic heterocycles. The summed E-state index contributed by atoms with van der Waals surface area (Å²) in [6, 6.07) is 14.0. The minimum Gasteiger partial charge on any atom is -0.384 e. The Labute approximate surface area is 129 Å². The number of benzene rings is 2. The molecule has 0 bridgehead atoms. The number of rotatable bonds is 2. The van der Waals surface area contributed by atoms with E-state index in [9.17, 15) is 9.50 Å². The zero-order chi connectivity index (χ0) is 14.1. The molecule has 3 rings (SSSR count). The Morgan fingerprint density at radius 3 is 2.70 bits per heavy atom. The van der Waals surface area contributed by atoms with E-state index in [0.717, 1.165) is 10.9 Å². The summed E-state index contributed by atoms with van der Waals surface area (Å²) in [7, 11) is 0. The average Bonchev–Trinajstić information content (AvgIpc) is 2.46. The lowest BCUT2D eigenvalue weighted by Crippen LogP contribution is -2.03. The van der Waals surface area contributed by atoms with Gasteiger partial charge in [0.05, 0.1) is 5.52 Å². The summed E-state index contributed by atoms with van der Waals surface area (Å²) in [4.78, 5) is 4.34. The molecule has 2 nitrogen and oxygen atoms in total. The molecule has 1 aromatic heterocycles. The van der Waals surface area contributed by atoms with E-state index in [4.69, 9.17) is 0 Å². The number of para-hydroxylation sites is 1. The van der Waals surface area contributed by atoms with Gasteiger partial charge in [-0.25, -0.2) is 4.39 Å². The van der Waals surface area contributed by atoms with E-state index in [0.29, 0.717) is 14.7 Å². The number of aliphatic hydroxyl groups is 1. The van der Waals surface area contributed by atoms with Gasteiger partial charge in [0.15, 0.2) is 0 Å². The van der Waals surface area contributed by atoms with Crippen LogP contribution in [0, 0.1) is 9.39 Å². The third kappa shape index (κ3) is 2.53. The van der Waals surface area contributed by atoms with Gasteiger partial charge in [0, 0.05) is 20.7 Å². The van der Waals surface area contributed by atoms with Crippen molar-refractivity contribution in [3.8, 4) is 0 Å². The molecular formula is C16H11FINO. The number of nitrogens with zero attached hydrogens (tertiary/aromatic N) is 1. The summed E-state index contributed by atoms with van der Waals surface area (Å²) < 4.78 is 13.8. The zero-order valence-corrected chi connectivity index (χ0v) is 12.6. The first-order chi connectivity index (χ1) is 9.65. The predicted octanol–water partition coefficient (Wildman–Crippen LogP) is 4.06. The van der Waals surface area contributed by atoms with Crippen molar-refractivity contribution in [2.75, 3.05) is 0 Å². The highest BCUT2D eigenvalue weighted by atomic mass is 127. The molecule has 0 spiro atoms. The molecule has 100 valence electrons. The van der Waals surface area contributed by atoms with Gasteiger partial charge in [-0.05, 0) is 52.4 Å². The fourth-order valence-corrected chi connectivity index (χ4v) is 2.91. The Balaban J connectivity index is 2.05. The highest BCUT2D eigenvalue weighted by molar-refractivity contribution is 14.1. The van der Waals surface area contributed by atoms with Gasteiger partial charge in [-0.2, -0.15) is 0 Å². The molecule has 20 heavy (non-hydrogen) atoms. The lowest BCUT2D eigenvalue weighted by Gasteiger charge is -2.13. The van der Waals surface area contributed by atoms with Crippen molar-refractivity contribution in [1.29, 1.82) is 0 Å². The zero-order valence-electron chi connectivity index (χ0n) is 10.4. The van der Waals surface area contributed by atoms with E-state index < -0.39 is 6.10 Å². The van der Waals surface area contributed by atoms with Gasteiger partial charge in [0.1, 0.15) is 11.9 Å². The first kappa shape index (κ1) is 13.5. The van der Waals surface area contributed by atoms with Crippen LogP contribution >= 0.6 is 22.6 Å². The number of hydrogen-bond acceptors (Lipinski definition) is 2. The Kier molecular flexibility index (Phi) is 3.67. The molecule has 1 heterocycles. The SMILES string of the molecule is OC(c1cnc2ccccc2c1)c1ccc(F)cc1I. The summed E-state index contributed by atoms with van der Waals surface area (Å²) in [6.45, 7) is 0. The molecule has 0 aliphatic rings. The van der Waals surface area contributed by atoms with E-state index >= 15 is 0 Å². The molecule has 1 atom stereocenters. The predicted molar refractivity (Wildman–Crippen MR) is 84.9 cm³/mol. The van der Waals surface area contributed by atoms with Crippen LogP contribution in [0.25, 0.3) is 10.9 Å². The molecule has 0 saturated heterocycles. The lowest BCUT2D eigenvalue weighted by atomic mass is 10.0. The van der Waals surface area contributed by atoms with Crippen LogP contribution in [0.2, 0.25) is 0 Å². The molecule has 1 N–H and O–H groups in total. The van der Waals surface area contributed by atoms with E-state index in [2.05, 4.69) is 4.98 Å². The van der Waals surface area contributed by atoms with Gasteiger partial charge in [0.25, 0.3) is 0 Å². The summed E-state index contributed by atoms with van der Waals surface area (Å²) >= 11 is 2.03. The normalized spacial score (nSPS) is 12.6. The van der Waals surface area contributed by atoms with Gasteiger partial charge in [-0.3, -0.25) is 4.98 Å². The van der Waals surface area contributed by atoms with Crippen molar-refractivity contribution >= 4 is 33.5 Å². The Morgan fingerprint density at radius 2 is 1.90 bits per heavy atom. The van der Waals surface area contributed by atoms with Crippen LogP contribution in [-0.2, 0) is 0 Å². The van der Waals surface area contributed by atoms with Crippen LogP contribution in [-0.4, -0.2) is 10.1 Å². The van der Waals surface area contributed by atoms with E-state index in [1.54, 1.807) is 12.3 Å². The summed E-state index contributed by atoms with van der Waals surface area (Å²) in [5.74, 6) is -0.304. The van der Waals surface area contributed by atoms with Gasteiger partial charge < -0.3 is 5.11 Å². The molecule has 0 radical (unpaired) electrons. The van der Waals surface area contributed by atoms with Crippen LogP contribution in [0.3, 0.4) is 0 Å². The largest absolute Gasteiger partial charge is 0.384 e. The molecule has 0 aliphatic carbocycles. The maximum Gasteiger partial charge on any atom is 0.124 e. The van der Waals surface area contributed by atoms with E-state index in [1.807, 2.05) is 52.9 Å². The number of aromatic nitrogens is 1. The van der Waals surface area contributed by atoms with Gasteiger partial charge >= 0.3 is 0 Å². The van der Waals surface area contributed by atoms with Crippen molar-refractivity contribution in [3.63, 3.8) is 0 Å². The van der Waals surface area contributed by atoms with Crippen molar-refractivity contribution in [2.45, 2.75) is 6.10 Å². The van der Waals surface area contributed by atoms with E-state index in [1.165, 1.54) is 12.1 Å². The number of pyridine rings is 1. The quantitative estimate of drug-likeness (QED) is 0.682. The number of fused-ring (bicyclic) bond motifs is 1.